The monoisotopic (exact) mass is 235 g/mol. The van der Waals surface area contributed by atoms with Crippen LogP contribution in [0.3, 0.4) is 0 Å². The van der Waals surface area contributed by atoms with Gasteiger partial charge in [-0.1, -0.05) is 13.8 Å². The van der Waals surface area contributed by atoms with E-state index in [1.54, 1.807) is 6.33 Å². The van der Waals surface area contributed by atoms with Crippen molar-refractivity contribution in [3.63, 3.8) is 0 Å². The van der Waals surface area contributed by atoms with Gasteiger partial charge in [0.2, 0.25) is 0 Å². The van der Waals surface area contributed by atoms with E-state index in [0.717, 1.165) is 37.3 Å². The number of aliphatic hydroxyl groups is 1. The molecular formula is C13H21N3O. The van der Waals surface area contributed by atoms with Crippen LogP contribution in [0.2, 0.25) is 0 Å². The van der Waals surface area contributed by atoms with E-state index < -0.39 is 0 Å². The first-order valence-corrected chi connectivity index (χ1v) is 6.45. The highest BCUT2D eigenvalue weighted by molar-refractivity contribution is 5.40. The number of nitrogens with zero attached hydrogens (tertiary/aromatic N) is 3. The molecule has 2 heterocycles. The average molecular weight is 235 g/mol. The maximum Gasteiger partial charge on any atom is 0.132 e. The fourth-order valence-corrected chi connectivity index (χ4v) is 2.18. The number of hydrogen-bond donors (Lipinski definition) is 1. The molecule has 2 rings (SSSR count). The van der Waals surface area contributed by atoms with Gasteiger partial charge < -0.3 is 10.0 Å². The first-order valence-electron chi connectivity index (χ1n) is 6.45. The van der Waals surface area contributed by atoms with Crippen LogP contribution in [0, 0.1) is 0 Å². The predicted octanol–water partition coefficient (Wildman–Crippen LogP) is 1.95. The number of hydrogen-bond acceptors (Lipinski definition) is 4. The minimum atomic E-state index is -0.217. The Morgan fingerprint density at radius 2 is 2.35 bits per heavy atom. The number of anilines is 1. The predicted molar refractivity (Wildman–Crippen MR) is 68.2 cm³/mol. The molecule has 1 N–H and O–H groups in total. The van der Waals surface area contributed by atoms with E-state index in [1.807, 2.05) is 0 Å². The van der Waals surface area contributed by atoms with Crippen molar-refractivity contribution >= 4 is 5.82 Å². The Morgan fingerprint density at radius 3 is 3.06 bits per heavy atom. The van der Waals surface area contributed by atoms with Crippen LogP contribution in [0.4, 0.5) is 5.82 Å². The summed E-state index contributed by atoms with van der Waals surface area (Å²) in [7, 11) is 0. The van der Waals surface area contributed by atoms with Crippen LogP contribution in [0.1, 0.15) is 44.7 Å². The summed E-state index contributed by atoms with van der Waals surface area (Å²) >= 11 is 0. The molecule has 17 heavy (non-hydrogen) atoms. The second kappa shape index (κ2) is 5.45. The molecule has 2 atom stereocenters. The molecule has 0 aromatic carbocycles. The number of aromatic nitrogens is 2. The first-order chi connectivity index (χ1) is 8.20. The van der Waals surface area contributed by atoms with Crippen LogP contribution in [-0.2, 0) is 0 Å². The second-order valence-electron chi connectivity index (χ2n) is 4.85. The van der Waals surface area contributed by atoms with E-state index in [1.165, 1.54) is 0 Å². The molecule has 0 saturated carbocycles. The van der Waals surface area contributed by atoms with Gasteiger partial charge in [0, 0.05) is 24.8 Å². The maximum atomic E-state index is 9.68. The van der Waals surface area contributed by atoms with Crippen LogP contribution >= 0.6 is 0 Å². The van der Waals surface area contributed by atoms with Crippen molar-refractivity contribution in [2.24, 2.45) is 0 Å². The summed E-state index contributed by atoms with van der Waals surface area (Å²) in [4.78, 5) is 10.8. The molecule has 1 fully saturated rings. The summed E-state index contributed by atoms with van der Waals surface area (Å²) in [5.41, 5.74) is 1.09. The molecule has 4 heteroatoms. The zero-order valence-electron chi connectivity index (χ0n) is 10.6. The van der Waals surface area contributed by atoms with Crippen molar-refractivity contribution in [1.29, 1.82) is 0 Å². The van der Waals surface area contributed by atoms with Gasteiger partial charge in [-0.3, -0.25) is 0 Å². The van der Waals surface area contributed by atoms with Crippen LogP contribution in [0.25, 0.3) is 0 Å². The highest BCUT2D eigenvalue weighted by Gasteiger charge is 2.19. The van der Waals surface area contributed by atoms with Crippen LogP contribution in [0.5, 0.6) is 0 Å². The Bertz CT molecular complexity index is 369. The van der Waals surface area contributed by atoms with Crippen molar-refractivity contribution in [3.8, 4) is 0 Å². The lowest BCUT2D eigenvalue weighted by Crippen LogP contribution is -2.38. The van der Waals surface area contributed by atoms with Gasteiger partial charge in [-0.05, 0) is 25.2 Å². The van der Waals surface area contributed by atoms with Crippen molar-refractivity contribution in [3.05, 3.63) is 18.1 Å². The zero-order valence-corrected chi connectivity index (χ0v) is 10.6. The molecule has 1 aromatic rings. The standard InChI is InChI=1S/C13H21N3O/c1-3-10(2)12-7-13(15-9-14-12)16-6-4-5-11(17)8-16/h7,9-11,17H,3-6,8H2,1-2H3. The fourth-order valence-electron chi connectivity index (χ4n) is 2.18. The molecule has 0 spiro atoms. The number of piperidine rings is 1. The maximum absolute atomic E-state index is 9.68. The Labute approximate surface area is 103 Å². The van der Waals surface area contributed by atoms with E-state index in [4.69, 9.17) is 0 Å². The molecule has 0 bridgehead atoms. The van der Waals surface area contributed by atoms with Gasteiger partial charge in [-0.25, -0.2) is 9.97 Å². The van der Waals surface area contributed by atoms with E-state index in [0.29, 0.717) is 12.5 Å². The lowest BCUT2D eigenvalue weighted by molar-refractivity contribution is 0.154. The van der Waals surface area contributed by atoms with Crippen LogP contribution in [-0.4, -0.2) is 34.3 Å². The molecule has 0 radical (unpaired) electrons. The number of rotatable bonds is 3. The largest absolute Gasteiger partial charge is 0.391 e. The Kier molecular flexibility index (Phi) is 3.94. The van der Waals surface area contributed by atoms with Gasteiger partial charge in [0.15, 0.2) is 0 Å². The zero-order chi connectivity index (χ0) is 12.3. The molecule has 0 amide bonds. The van der Waals surface area contributed by atoms with Gasteiger partial charge in [-0.2, -0.15) is 0 Å². The molecule has 1 saturated heterocycles. The Morgan fingerprint density at radius 1 is 1.53 bits per heavy atom. The molecular weight excluding hydrogens is 214 g/mol. The quantitative estimate of drug-likeness (QED) is 0.870. The average Bonchev–Trinajstić information content (AvgIpc) is 2.38. The molecule has 1 aliphatic heterocycles. The summed E-state index contributed by atoms with van der Waals surface area (Å²) in [5, 5.41) is 9.68. The Hall–Kier alpha value is -1.16. The summed E-state index contributed by atoms with van der Waals surface area (Å²) in [5.74, 6) is 1.42. The van der Waals surface area contributed by atoms with Gasteiger partial charge in [-0.15, -0.1) is 0 Å². The van der Waals surface area contributed by atoms with E-state index in [2.05, 4.69) is 34.8 Å². The molecule has 4 nitrogen and oxygen atoms in total. The van der Waals surface area contributed by atoms with E-state index in [9.17, 15) is 5.11 Å². The highest BCUT2D eigenvalue weighted by atomic mass is 16.3. The SMILES string of the molecule is CCC(C)c1cc(N2CCCC(O)C2)ncn1. The summed E-state index contributed by atoms with van der Waals surface area (Å²) in [6.45, 7) is 6.01. The molecule has 1 aliphatic rings. The number of β-amino-alcohol motifs (C(OH)–C–C–N with tert-alkyl or cyclic N) is 1. The van der Waals surface area contributed by atoms with Gasteiger partial charge in [0.05, 0.1) is 6.10 Å². The van der Waals surface area contributed by atoms with Crippen molar-refractivity contribution in [2.75, 3.05) is 18.0 Å². The van der Waals surface area contributed by atoms with Gasteiger partial charge in [0.1, 0.15) is 12.1 Å². The molecule has 2 unspecified atom stereocenters. The van der Waals surface area contributed by atoms with Gasteiger partial charge in [0.25, 0.3) is 0 Å². The third kappa shape index (κ3) is 2.94. The third-order valence-corrected chi connectivity index (χ3v) is 3.51. The van der Waals surface area contributed by atoms with E-state index in [-0.39, 0.29) is 6.10 Å². The molecule has 94 valence electrons. The summed E-state index contributed by atoms with van der Waals surface area (Å²) < 4.78 is 0. The van der Waals surface area contributed by atoms with Crippen molar-refractivity contribution < 1.29 is 5.11 Å². The lowest BCUT2D eigenvalue weighted by atomic mass is 10.0. The fraction of sp³-hybridized carbons (Fsp3) is 0.692. The summed E-state index contributed by atoms with van der Waals surface area (Å²) in [6.07, 6.45) is 4.44. The normalized spacial score (nSPS) is 22.5. The van der Waals surface area contributed by atoms with Crippen LogP contribution < -0.4 is 4.90 Å². The van der Waals surface area contributed by atoms with E-state index >= 15 is 0 Å². The minimum absolute atomic E-state index is 0.217. The minimum Gasteiger partial charge on any atom is -0.391 e. The highest BCUT2D eigenvalue weighted by Crippen LogP contribution is 2.22. The van der Waals surface area contributed by atoms with Crippen LogP contribution in [0.15, 0.2) is 12.4 Å². The second-order valence-corrected chi connectivity index (χ2v) is 4.85. The lowest BCUT2D eigenvalue weighted by Gasteiger charge is -2.31. The number of aliphatic hydroxyl groups excluding tert-OH is 1. The van der Waals surface area contributed by atoms with Crippen molar-refractivity contribution in [2.45, 2.75) is 45.1 Å². The first kappa shape index (κ1) is 12.3. The molecule has 1 aromatic heterocycles. The van der Waals surface area contributed by atoms with Gasteiger partial charge >= 0.3 is 0 Å². The smallest absolute Gasteiger partial charge is 0.132 e. The topological polar surface area (TPSA) is 49.2 Å². The molecule has 0 aliphatic carbocycles. The summed E-state index contributed by atoms with van der Waals surface area (Å²) in [6, 6.07) is 2.06. The van der Waals surface area contributed by atoms with Crippen molar-refractivity contribution in [1.82, 2.24) is 9.97 Å². The third-order valence-electron chi connectivity index (χ3n) is 3.51. The Balaban J connectivity index is 2.15.